The highest BCUT2D eigenvalue weighted by atomic mass is 16.5. The third-order valence-electron chi connectivity index (χ3n) is 3.20. The van der Waals surface area contributed by atoms with E-state index in [1.54, 1.807) is 6.20 Å². The van der Waals surface area contributed by atoms with Crippen molar-refractivity contribution in [2.24, 2.45) is 5.73 Å². The molecule has 1 saturated heterocycles. The van der Waals surface area contributed by atoms with Crippen molar-refractivity contribution < 1.29 is 13.9 Å². The molecule has 0 aromatic carbocycles. The Morgan fingerprint density at radius 2 is 2.32 bits per heavy atom. The Kier molecular flexibility index (Phi) is 3.91. The van der Waals surface area contributed by atoms with Gasteiger partial charge >= 0.3 is 0 Å². The minimum Gasteiger partial charge on any atom is -0.444 e. The van der Waals surface area contributed by atoms with Gasteiger partial charge in [-0.25, -0.2) is 4.98 Å². The van der Waals surface area contributed by atoms with Crippen LogP contribution in [0.1, 0.15) is 32.4 Å². The molecule has 0 bridgehead atoms. The lowest BCUT2D eigenvalue weighted by Crippen LogP contribution is -2.51. The third-order valence-corrected chi connectivity index (χ3v) is 3.20. The number of rotatable bonds is 3. The van der Waals surface area contributed by atoms with Crippen LogP contribution in [0.5, 0.6) is 0 Å². The maximum atomic E-state index is 11.4. The lowest BCUT2D eigenvalue weighted by atomic mass is 9.94. The number of nitrogens with two attached hydrogens (primary N) is 1. The molecule has 19 heavy (non-hydrogen) atoms. The highest BCUT2D eigenvalue weighted by molar-refractivity contribution is 5.80. The first-order valence-corrected chi connectivity index (χ1v) is 6.44. The average Bonchev–Trinajstić information content (AvgIpc) is 2.77. The second-order valence-corrected chi connectivity index (χ2v) is 5.83. The molecule has 1 aliphatic heterocycles. The molecule has 1 aromatic rings. The second-order valence-electron chi connectivity index (χ2n) is 5.83. The number of oxazole rings is 1. The van der Waals surface area contributed by atoms with Crippen molar-refractivity contribution in [3.05, 3.63) is 17.8 Å². The zero-order valence-electron chi connectivity index (χ0n) is 11.7. The van der Waals surface area contributed by atoms with E-state index >= 15 is 0 Å². The van der Waals surface area contributed by atoms with Gasteiger partial charge in [-0.15, -0.1) is 0 Å². The summed E-state index contributed by atoms with van der Waals surface area (Å²) in [5, 5.41) is 0. The summed E-state index contributed by atoms with van der Waals surface area (Å²) < 4.78 is 11.0. The van der Waals surface area contributed by atoms with Crippen LogP contribution in [-0.4, -0.2) is 41.6 Å². The quantitative estimate of drug-likeness (QED) is 0.870. The molecular formula is C13H21N3O3. The summed E-state index contributed by atoms with van der Waals surface area (Å²) in [5.41, 5.74) is 5.30. The molecule has 6 heteroatoms. The van der Waals surface area contributed by atoms with Gasteiger partial charge in [0.1, 0.15) is 11.8 Å². The van der Waals surface area contributed by atoms with E-state index in [4.69, 9.17) is 14.9 Å². The van der Waals surface area contributed by atoms with Crippen molar-refractivity contribution >= 4 is 5.91 Å². The third kappa shape index (κ3) is 3.33. The standard InChI is InChI=1S/C13H21N3O3/c1-13(2,3)10-6-15-11(19-10)7-16-4-5-18-8-9(16)12(14)17/h6,9H,4-5,7-8H2,1-3H3,(H2,14,17)/t9-/m0/s1. The molecule has 1 aliphatic rings. The van der Waals surface area contributed by atoms with Gasteiger partial charge in [0.15, 0.2) is 0 Å². The first-order valence-electron chi connectivity index (χ1n) is 6.44. The predicted octanol–water partition coefficient (Wildman–Crippen LogP) is 0.658. The minimum atomic E-state index is -0.404. The predicted molar refractivity (Wildman–Crippen MR) is 69.4 cm³/mol. The van der Waals surface area contributed by atoms with Crippen LogP contribution < -0.4 is 5.73 Å². The van der Waals surface area contributed by atoms with E-state index in [0.717, 1.165) is 5.76 Å². The van der Waals surface area contributed by atoms with Crippen LogP contribution in [0.4, 0.5) is 0 Å². The summed E-state index contributed by atoms with van der Waals surface area (Å²) in [5.74, 6) is 1.08. The molecule has 0 saturated carbocycles. The fraction of sp³-hybridized carbons (Fsp3) is 0.692. The molecule has 6 nitrogen and oxygen atoms in total. The van der Waals surface area contributed by atoms with Gasteiger partial charge in [0.2, 0.25) is 11.8 Å². The number of hydrogen-bond acceptors (Lipinski definition) is 5. The Morgan fingerprint density at radius 1 is 1.58 bits per heavy atom. The van der Waals surface area contributed by atoms with Crippen LogP contribution in [-0.2, 0) is 21.5 Å². The van der Waals surface area contributed by atoms with Gasteiger partial charge in [0, 0.05) is 12.0 Å². The molecule has 0 radical (unpaired) electrons. The molecule has 0 spiro atoms. The van der Waals surface area contributed by atoms with Gasteiger partial charge in [0.25, 0.3) is 0 Å². The number of carbonyl (C=O) groups excluding carboxylic acids is 1. The summed E-state index contributed by atoms with van der Waals surface area (Å²) in [7, 11) is 0. The highest BCUT2D eigenvalue weighted by Crippen LogP contribution is 2.23. The lowest BCUT2D eigenvalue weighted by Gasteiger charge is -2.32. The van der Waals surface area contributed by atoms with Crippen LogP contribution in [0.2, 0.25) is 0 Å². The van der Waals surface area contributed by atoms with Crippen LogP contribution in [0.15, 0.2) is 10.6 Å². The number of amides is 1. The molecule has 2 rings (SSSR count). The van der Waals surface area contributed by atoms with Crippen LogP contribution in [0.25, 0.3) is 0 Å². The maximum Gasteiger partial charge on any atom is 0.237 e. The second kappa shape index (κ2) is 5.30. The van der Waals surface area contributed by atoms with E-state index < -0.39 is 6.04 Å². The van der Waals surface area contributed by atoms with Crippen LogP contribution >= 0.6 is 0 Å². The average molecular weight is 267 g/mol. The van der Waals surface area contributed by atoms with Crippen molar-refractivity contribution in [3.63, 3.8) is 0 Å². The molecule has 0 aliphatic carbocycles. The van der Waals surface area contributed by atoms with Crippen molar-refractivity contribution in [1.29, 1.82) is 0 Å². The van der Waals surface area contributed by atoms with Crippen molar-refractivity contribution in [1.82, 2.24) is 9.88 Å². The zero-order valence-corrected chi connectivity index (χ0v) is 11.7. The fourth-order valence-corrected chi connectivity index (χ4v) is 1.99. The van der Waals surface area contributed by atoms with Gasteiger partial charge in [0.05, 0.1) is 26.0 Å². The Labute approximate surface area is 112 Å². The van der Waals surface area contributed by atoms with E-state index in [2.05, 4.69) is 25.8 Å². The SMILES string of the molecule is CC(C)(C)c1cnc(CN2CCOC[C@H]2C(N)=O)o1. The van der Waals surface area contributed by atoms with Crippen molar-refractivity contribution in [2.45, 2.75) is 38.8 Å². The van der Waals surface area contributed by atoms with Crippen molar-refractivity contribution in [3.8, 4) is 0 Å². The zero-order chi connectivity index (χ0) is 14.0. The largest absolute Gasteiger partial charge is 0.444 e. The smallest absolute Gasteiger partial charge is 0.237 e. The topological polar surface area (TPSA) is 81.6 Å². The summed E-state index contributed by atoms with van der Waals surface area (Å²) in [6, 6.07) is -0.404. The molecule has 2 heterocycles. The maximum absolute atomic E-state index is 11.4. The molecule has 0 unspecified atom stereocenters. The number of primary amides is 1. The summed E-state index contributed by atoms with van der Waals surface area (Å²) in [6.07, 6.45) is 1.75. The normalized spacial score (nSPS) is 21.5. The number of ether oxygens (including phenoxy) is 1. The molecular weight excluding hydrogens is 246 g/mol. The fourth-order valence-electron chi connectivity index (χ4n) is 1.99. The summed E-state index contributed by atoms with van der Waals surface area (Å²) in [4.78, 5) is 17.6. The minimum absolute atomic E-state index is 0.0701. The number of morpholine rings is 1. The molecule has 106 valence electrons. The van der Waals surface area contributed by atoms with E-state index in [0.29, 0.717) is 32.2 Å². The van der Waals surface area contributed by atoms with Gasteiger partial charge in [-0.1, -0.05) is 20.8 Å². The Morgan fingerprint density at radius 3 is 2.89 bits per heavy atom. The Hall–Kier alpha value is -1.40. The highest BCUT2D eigenvalue weighted by Gasteiger charge is 2.29. The van der Waals surface area contributed by atoms with Gasteiger partial charge < -0.3 is 14.9 Å². The number of nitrogens with zero attached hydrogens (tertiary/aromatic N) is 2. The van der Waals surface area contributed by atoms with Crippen molar-refractivity contribution in [2.75, 3.05) is 19.8 Å². The van der Waals surface area contributed by atoms with E-state index in [9.17, 15) is 4.79 Å². The van der Waals surface area contributed by atoms with Gasteiger partial charge in [-0.05, 0) is 0 Å². The first kappa shape index (κ1) is 14.0. The Balaban J connectivity index is 2.07. The monoisotopic (exact) mass is 267 g/mol. The molecule has 1 fully saturated rings. The number of hydrogen-bond donors (Lipinski definition) is 1. The van der Waals surface area contributed by atoms with Gasteiger partial charge in [-0.3, -0.25) is 9.69 Å². The number of carbonyl (C=O) groups is 1. The Bertz CT molecular complexity index is 450. The molecule has 2 N–H and O–H groups in total. The van der Waals surface area contributed by atoms with E-state index in [1.165, 1.54) is 0 Å². The molecule has 1 atom stereocenters. The van der Waals surface area contributed by atoms with E-state index in [-0.39, 0.29) is 11.3 Å². The van der Waals surface area contributed by atoms with Gasteiger partial charge in [-0.2, -0.15) is 0 Å². The molecule has 1 amide bonds. The molecule has 1 aromatic heterocycles. The van der Waals surface area contributed by atoms with Crippen LogP contribution in [0, 0.1) is 0 Å². The first-order chi connectivity index (χ1) is 8.88. The van der Waals surface area contributed by atoms with E-state index in [1.807, 2.05) is 4.90 Å². The summed E-state index contributed by atoms with van der Waals surface area (Å²) >= 11 is 0. The summed E-state index contributed by atoms with van der Waals surface area (Å²) in [6.45, 7) is 8.27. The van der Waals surface area contributed by atoms with Crippen LogP contribution in [0.3, 0.4) is 0 Å². The lowest BCUT2D eigenvalue weighted by molar-refractivity contribution is -0.129. The number of aromatic nitrogens is 1.